The number of rotatable bonds is 34. The zero-order valence-corrected chi connectivity index (χ0v) is 34.9. The highest BCUT2D eigenvalue weighted by atomic mass is 32.2. The van der Waals surface area contributed by atoms with Crippen LogP contribution in [-0.4, -0.2) is 104 Å². The van der Waals surface area contributed by atoms with E-state index in [0.717, 1.165) is 94.4 Å². The largest absolute Gasteiger partial charge is 0.390 e. The molecule has 1 fully saturated rings. The summed E-state index contributed by atoms with van der Waals surface area (Å²) < 4.78 is 24.6. The third kappa shape index (κ3) is 22.3. The van der Waals surface area contributed by atoms with Crippen molar-refractivity contribution in [1.82, 2.24) is 5.32 Å². The van der Waals surface area contributed by atoms with Gasteiger partial charge in [0.1, 0.15) is 30.2 Å². The van der Waals surface area contributed by atoms with Gasteiger partial charge in [0, 0.05) is 12.2 Å². The van der Waals surface area contributed by atoms with Crippen LogP contribution in [0, 0.1) is 5.82 Å². The molecule has 11 nitrogen and oxygen atoms in total. The molecule has 1 aliphatic heterocycles. The summed E-state index contributed by atoms with van der Waals surface area (Å²) >= 11 is 1.11. The number of amides is 2. The maximum absolute atomic E-state index is 13.1. The molecular formula is C43H75FN2O9S. The van der Waals surface area contributed by atoms with Crippen LogP contribution in [-0.2, 0) is 25.5 Å². The Hall–Kier alpha value is -1.84. The van der Waals surface area contributed by atoms with Gasteiger partial charge in [0.15, 0.2) is 6.29 Å². The molecule has 13 heteroatoms. The van der Waals surface area contributed by atoms with Crippen molar-refractivity contribution >= 4 is 23.6 Å². The smallest absolute Gasteiger partial charge is 0.227 e. The second-order valence-electron chi connectivity index (χ2n) is 15.7. The first kappa shape index (κ1) is 50.3. The Bertz CT molecular complexity index is 1150. The first-order valence-corrected chi connectivity index (χ1v) is 22.8. The lowest BCUT2D eigenvalue weighted by molar-refractivity contribution is -0.294. The zero-order valence-electron chi connectivity index (χ0n) is 34.0. The third-order valence-electron chi connectivity index (χ3n) is 10.7. The van der Waals surface area contributed by atoms with E-state index in [2.05, 4.69) is 12.2 Å². The summed E-state index contributed by atoms with van der Waals surface area (Å²) in [6, 6.07) is 5.65. The molecule has 0 radical (unpaired) electrons. The summed E-state index contributed by atoms with van der Waals surface area (Å²) in [5, 5.41) is 56.5. The van der Waals surface area contributed by atoms with Gasteiger partial charge in [-0.1, -0.05) is 135 Å². The third-order valence-corrected chi connectivity index (χ3v) is 11.7. The minimum atomic E-state index is -1.61. The van der Waals surface area contributed by atoms with Gasteiger partial charge in [-0.25, -0.2) is 4.39 Å². The van der Waals surface area contributed by atoms with Gasteiger partial charge in [-0.05, 0) is 43.4 Å². The van der Waals surface area contributed by atoms with E-state index in [4.69, 9.17) is 15.2 Å². The topological polar surface area (TPSA) is 192 Å². The van der Waals surface area contributed by atoms with Crippen LogP contribution in [0.2, 0.25) is 0 Å². The molecule has 1 aliphatic rings. The van der Waals surface area contributed by atoms with E-state index in [1.807, 2.05) is 12.1 Å². The highest BCUT2D eigenvalue weighted by molar-refractivity contribution is 7.99. The number of hydrogen-bond acceptors (Lipinski definition) is 10. The molecule has 0 spiro atoms. The lowest BCUT2D eigenvalue weighted by Crippen LogP contribution is -2.60. The molecule has 1 aromatic rings. The van der Waals surface area contributed by atoms with Crippen LogP contribution in [0.4, 0.5) is 4.39 Å². The number of carbonyl (C=O) groups is 2. The summed E-state index contributed by atoms with van der Waals surface area (Å²) in [6.07, 6.45) is 14.2. The van der Waals surface area contributed by atoms with E-state index in [0.29, 0.717) is 12.8 Å². The van der Waals surface area contributed by atoms with Crippen molar-refractivity contribution < 1.29 is 49.0 Å². The Balaban J connectivity index is 1.79. The van der Waals surface area contributed by atoms with Crippen LogP contribution >= 0.6 is 11.8 Å². The van der Waals surface area contributed by atoms with Crippen molar-refractivity contribution in [1.29, 1.82) is 0 Å². The minimum Gasteiger partial charge on any atom is -0.390 e. The number of primary amides is 1. The first-order valence-electron chi connectivity index (χ1n) is 21.6. The lowest BCUT2D eigenvalue weighted by Gasteiger charge is -2.41. The molecule has 0 aromatic heterocycles. The van der Waals surface area contributed by atoms with E-state index < -0.39 is 54.9 Å². The molecule has 324 valence electrons. The summed E-state index contributed by atoms with van der Waals surface area (Å²) in [6.45, 7) is 1.90. The van der Waals surface area contributed by atoms with Crippen molar-refractivity contribution in [3.8, 4) is 0 Å². The average molecular weight is 815 g/mol. The van der Waals surface area contributed by atoms with E-state index in [-0.39, 0.29) is 36.3 Å². The first-order chi connectivity index (χ1) is 27.0. The van der Waals surface area contributed by atoms with Crippen molar-refractivity contribution in [3.05, 3.63) is 35.6 Å². The van der Waals surface area contributed by atoms with Crippen LogP contribution in [0.3, 0.4) is 0 Å². The quantitative estimate of drug-likeness (QED) is 0.0393. The molecule has 0 saturated carbocycles. The fraction of sp³-hybridized carbons (Fsp3) is 0.814. The van der Waals surface area contributed by atoms with Crippen LogP contribution in [0.15, 0.2) is 24.3 Å². The molecule has 2 amide bonds. The summed E-state index contributed by atoms with van der Waals surface area (Å²) in [4.78, 5) is 24.2. The normalized spacial score (nSPS) is 21.4. The molecule has 0 aliphatic carbocycles. The minimum absolute atomic E-state index is 0.0197. The molecule has 56 heavy (non-hydrogen) atoms. The van der Waals surface area contributed by atoms with Crippen molar-refractivity contribution in [2.75, 3.05) is 18.1 Å². The van der Waals surface area contributed by atoms with Crippen molar-refractivity contribution in [2.24, 2.45) is 5.73 Å². The van der Waals surface area contributed by atoms with Gasteiger partial charge in [-0.15, -0.1) is 11.8 Å². The Morgan fingerprint density at radius 3 is 1.89 bits per heavy atom. The maximum atomic E-state index is 13.1. The number of thioether (sulfide) groups is 1. The summed E-state index contributed by atoms with van der Waals surface area (Å²) in [5.74, 6) is -0.970. The standard InChI is InChI=1S/C43H75FN2O9S/c1-2-3-4-5-6-7-8-9-10-14-17-20-23-35(47)39(50)34(29-54-43-42(53)41(52)40(51)36(55-43)30-56-31-37(45)48)46-38(49)24-21-18-15-12-11-13-16-19-22-32-25-27-33(44)28-26-32/h25-28,34-36,39-43,47,50-53H,2-24,29-31H2,1H3,(H2,45,48)(H,46,49)/t34-,35+,36?,39-,40-,41?,42-,43-/m0/s1. The highest BCUT2D eigenvalue weighted by Gasteiger charge is 2.44. The van der Waals surface area contributed by atoms with Gasteiger partial charge in [0.05, 0.1) is 30.6 Å². The number of ether oxygens (including phenoxy) is 2. The predicted octanol–water partition coefficient (Wildman–Crippen LogP) is 6.22. The molecule has 1 aromatic carbocycles. The number of hydrogen-bond donors (Lipinski definition) is 7. The van der Waals surface area contributed by atoms with Gasteiger partial charge in [-0.3, -0.25) is 9.59 Å². The average Bonchev–Trinajstić information content (AvgIpc) is 3.18. The fourth-order valence-electron chi connectivity index (χ4n) is 7.13. The SMILES string of the molecule is CCCCCCCCCCCCCC[C@@H](O)[C@@H](O)[C@H](CO[C@H]1OC(CSCC(N)=O)[C@H](O)C(O)[C@@H]1O)NC(=O)CCCCCCCCCCc1ccc(F)cc1. The van der Waals surface area contributed by atoms with Crippen LogP contribution in [0.25, 0.3) is 0 Å². The second kappa shape index (κ2) is 31.1. The number of carbonyl (C=O) groups excluding carboxylic acids is 2. The van der Waals surface area contributed by atoms with Crippen LogP contribution in [0.5, 0.6) is 0 Å². The number of unbranched alkanes of at least 4 members (excludes halogenated alkanes) is 18. The van der Waals surface area contributed by atoms with Crippen LogP contribution in [0.1, 0.15) is 154 Å². The monoisotopic (exact) mass is 815 g/mol. The van der Waals surface area contributed by atoms with E-state index in [9.17, 15) is 39.5 Å². The number of nitrogens with one attached hydrogen (secondary N) is 1. The molecule has 1 saturated heterocycles. The van der Waals surface area contributed by atoms with Gasteiger partial charge in [0.25, 0.3) is 0 Å². The maximum Gasteiger partial charge on any atom is 0.227 e. The lowest BCUT2D eigenvalue weighted by atomic mass is 9.98. The second-order valence-corrected chi connectivity index (χ2v) is 16.7. The molecular weight excluding hydrogens is 740 g/mol. The molecule has 2 unspecified atom stereocenters. The van der Waals surface area contributed by atoms with Gasteiger partial charge >= 0.3 is 0 Å². The fourth-order valence-corrected chi connectivity index (χ4v) is 7.96. The number of aliphatic hydroxyl groups is 5. The zero-order chi connectivity index (χ0) is 41.0. The Kier molecular flexibility index (Phi) is 28.0. The molecule has 8 N–H and O–H groups in total. The number of benzene rings is 1. The van der Waals surface area contributed by atoms with E-state index in [1.165, 1.54) is 63.5 Å². The van der Waals surface area contributed by atoms with Gasteiger partial charge in [0.2, 0.25) is 11.8 Å². The summed E-state index contributed by atoms with van der Waals surface area (Å²) in [7, 11) is 0. The molecule has 0 bridgehead atoms. The number of aryl methyl sites for hydroxylation is 1. The Morgan fingerprint density at radius 2 is 1.32 bits per heavy atom. The van der Waals surface area contributed by atoms with Gasteiger partial charge in [-0.2, -0.15) is 0 Å². The van der Waals surface area contributed by atoms with Gasteiger partial charge < -0.3 is 46.1 Å². The number of nitrogens with two attached hydrogens (primary N) is 1. The predicted molar refractivity (Wildman–Crippen MR) is 220 cm³/mol. The highest BCUT2D eigenvalue weighted by Crippen LogP contribution is 2.25. The van der Waals surface area contributed by atoms with E-state index >= 15 is 0 Å². The molecule has 1 heterocycles. The molecule has 2 rings (SSSR count). The number of aliphatic hydroxyl groups excluding tert-OH is 5. The van der Waals surface area contributed by atoms with Crippen molar-refractivity contribution in [2.45, 2.75) is 204 Å². The molecule has 8 atom stereocenters. The van der Waals surface area contributed by atoms with Crippen molar-refractivity contribution in [3.63, 3.8) is 0 Å². The number of halogens is 1. The Labute approximate surface area is 340 Å². The van der Waals surface area contributed by atoms with E-state index in [1.54, 1.807) is 0 Å². The van der Waals surface area contributed by atoms with Crippen LogP contribution < -0.4 is 11.1 Å². The Morgan fingerprint density at radius 1 is 0.786 bits per heavy atom. The summed E-state index contributed by atoms with van der Waals surface area (Å²) in [5.41, 5.74) is 6.36.